The Bertz CT molecular complexity index is 95.0. The third-order valence-electron chi connectivity index (χ3n) is 1.05. The van der Waals surface area contributed by atoms with Crippen LogP contribution in [0.2, 0.25) is 0 Å². The van der Waals surface area contributed by atoms with Crippen LogP contribution in [-0.2, 0) is 0 Å². The van der Waals surface area contributed by atoms with Crippen molar-refractivity contribution in [3.63, 3.8) is 0 Å². The minimum Gasteiger partial charge on any atom is -0.326 e. The summed E-state index contributed by atoms with van der Waals surface area (Å²) in [5.74, 6) is 0. The average molecular weight is 164 g/mol. The summed E-state index contributed by atoms with van der Waals surface area (Å²) in [5, 5.41) is 0. The van der Waals surface area contributed by atoms with Gasteiger partial charge in [-0.25, -0.2) is 0 Å². The molecule has 4 heteroatoms. The molecule has 0 aromatic carbocycles. The number of hydrogen-bond acceptors (Lipinski definition) is 3. The summed E-state index contributed by atoms with van der Waals surface area (Å²) in [6, 6.07) is 0.554. The van der Waals surface area contributed by atoms with Gasteiger partial charge >= 0.3 is 0 Å². The Hall–Kier alpha value is -0.120. The Morgan fingerprint density at radius 2 is 2.40 bits per heavy atom. The van der Waals surface area contributed by atoms with Crippen molar-refractivity contribution in [2.45, 2.75) is 0 Å². The number of aliphatic imine (C=N–C) groups is 1. The second-order valence-electron chi connectivity index (χ2n) is 2.02. The molecule has 0 saturated heterocycles. The van der Waals surface area contributed by atoms with Crippen LogP contribution in [0.5, 0.6) is 0 Å². The highest BCUT2D eigenvalue weighted by Gasteiger charge is 1.90. The highest BCUT2D eigenvalue weighted by atomic mass is 35.5. The zero-order valence-corrected chi connectivity index (χ0v) is 7.01. The first-order chi connectivity index (χ1) is 4.81. The Morgan fingerprint density at radius 3 is 2.90 bits per heavy atom. The van der Waals surface area contributed by atoms with Crippen molar-refractivity contribution >= 4 is 17.8 Å². The normalized spacial score (nSPS) is 11.6. The molecule has 0 spiro atoms. The molecule has 60 valence electrons. The summed E-state index contributed by atoms with van der Waals surface area (Å²) >= 11 is 5.51. The first-order valence-corrected chi connectivity index (χ1v) is 3.77. The van der Waals surface area contributed by atoms with E-state index in [2.05, 4.69) is 4.99 Å². The third-order valence-corrected chi connectivity index (χ3v) is 1.46. The molecule has 0 unspecified atom stereocenters. The Morgan fingerprint density at radius 1 is 1.70 bits per heavy atom. The smallest absolute Gasteiger partial charge is 0.0736 e. The highest BCUT2D eigenvalue weighted by Crippen LogP contribution is 1.84. The summed E-state index contributed by atoms with van der Waals surface area (Å²) in [7, 11) is 1.95. The van der Waals surface area contributed by atoms with Crippen molar-refractivity contribution in [2.24, 2.45) is 10.7 Å². The molecule has 0 radical (unpaired) electrons. The van der Waals surface area contributed by atoms with Crippen LogP contribution < -0.4 is 5.73 Å². The SMILES string of the molecule is CN(CCl)CCN=CCN. The van der Waals surface area contributed by atoms with E-state index in [0.717, 1.165) is 13.1 Å². The Kier molecular flexibility index (Phi) is 6.91. The van der Waals surface area contributed by atoms with E-state index in [9.17, 15) is 0 Å². The van der Waals surface area contributed by atoms with Crippen LogP contribution >= 0.6 is 11.6 Å². The van der Waals surface area contributed by atoms with Gasteiger partial charge in [-0.1, -0.05) is 0 Å². The first kappa shape index (κ1) is 9.88. The molecule has 3 nitrogen and oxygen atoms in total. The van der Waals surface area contributed by atoms with Gasteiger partial charge in [-0.2, -0.15) is 0 Å². The topological polar surface area (TPSA) is 41.6 Å². The van der Waals surface area contributed by atoms with E-state index in [1.165, 1.54) is 0 Å². The van der Waals surface area contributed by atoms with Crippen LogP contribution in [0.4, 0.5) is 0 Å². The fraction of sp³-hybridized carbons (Fsp3) is 0.833. The van der Waals surface area contributed by atoms with Crippen molar-refractivity contribution in [3.8, 4) is 0 Å². The minimum absolute atomic E-state index is 0.518. The molecule has 0 atom stereocenters. The van der Waals surface area contributed by atoms with Crippen LogP contribution in [0.1, 0.15) is 0 Å². The van der Waals surface area contributed by atoms with E-state index in [0.29, 0.717) is 12.5 Å². The molecule has 0 aliphatic carbocycles. The van der Waals surface area contributed by atoms with Crippen LogP contribution in [0.3, 0.4) is 0 Å². The average Bonchev–Trinajstić information content (AvgIpc) is 1.98. The molecule has 0 fully saturated rings. The fourth-order valence-electron chi connectivity index (χ4n) is 0.454. The van der Waals surface area contributed by atoms with Crippen LogP contribution in [0.25, 0.3) is 0 Å². The van der Waals surface area contributed by atoms with E-state index in [1.54, 1.807) is 6.21 Å². The van der Waals surface area contributed by atoms with Gasteiger partial charge in [0, 0.05) is 19.3 Å². The molecule has 0 aromatic rings. The fourth-order valence-corrected chi connectivity index (χ4v) is 0.574. The van der Waals surface area contributed by atoms with E-state index < -0.39 is 0 Å². The zero-order chi connectivity index (χ0) is 7.82. The highest BCUT2D eigenvalue weighted by molar-refractivity contribution is 6.17. The van der Waals surface area contributed by atoms with Gasteiger partial charge in [0.05, 0.1) is 12.5 Å². The number of rotatable bonds is 5. The van der Waals surface area contributed by atoms with Crippen molar-refractivity contribution < 1.29 is 0 Å². The zero-order valence-electron chi connectivity index (χ0n) is 6.26. The molecule has 0 aromatic heterocycles. The first-order valence-electron chi connectivity index (χ1n) is 3.24. The van der Waals surface area contributed by atoms with Gasteiger partial charge in [-0.15, -0.1) is 11.6 Å². The summed E-state index contributed by atoms with van der Waals surface area (Å²) in [5.41, 5.74) is 5.19. The molecule has 2 N–H and O–H groups in total. The molecular formula is C6H14ClN3. The predicted molar refractivity (Wildman–Crippen MR) is 45.8 cm³/mol. The number of nitrogens with zero attached hydrogens (tertiary/aromatic N) is 2. The van der Waals surface area contributed by atoms with Gasteiger partial charge in [0.15, 0.2) is 0 Å². The standard InChI is InChI=1S/C6H14ClN3/c1-10(6-7)5-4-9-3-2-8/h3H,2,4-6,8H2,1H3. The number of halogens is 1. The maximum atomic E-state index is 5.51. The van der Waals surface area contributed by atoms with Gasteiger partial charge in [-0.3, -0.25) is 9.89 Å². The maximum Gasteiger partial charge on any atom is 0.0736 e. The van der Waals surface area contributed by atoms with Crippen LogP contribution in [-0.4, -0.2) is 43.8 Å². The van der Waals surface area contributed by atoms with E-state index in [-0.39, 0.29) is 0 Å². The number of likely N-dealkylation sites (N-methyl/N-ethyl adjacent to an activating group) is 1. The molecule has 0 amide bonds. The van der Waals surface area contributed by atoms with Crippen molar-refractivity contribution in [2.75, 3.05) is 32.7 Å². The molecule has 0 aliphatic heterocycles. The van der Waals surface area contributed by atoms with Gasteiger partial charge in [0.25, 0.3) is 0 Å². The third kappa shape index (κ3) is 6.01. The Labute approximate surface area is 66.9 Å². The Balaban J connectivity index is 3.10. The van der Waals surface area contributed by atoms with Gasteiger partial charge < -0.3 is 5.73 Å². The monoisotopic (exact) mass is 163 g/mol. The van der Waals surface area contributed by atoms with Crippen LogP contribution in [0, 0.1) is 0 Å². The van der Waals surface area contributed by atoms with Gasteiger partial charge in [-0.05, 0) is 7.05 Å². The summed E-state index contributed by atoms with van der Waals surface area (Å²) in [6.45, 7) is 2.19. The quantitative estimate of drug-likeness (QED) is 0.356. The lowest BCUT2D eigenvalue weighted by atomic mass is 10.6. The largest absolute Gasteiger partial charge is 0.326 e. The lowest BCUT2D eigenvalue weighted by molar-refractivity contribution is 0.401. The second kappa shape index (κ2) is 6.99. The summed E-state index contributed by atoms with van der Waals surface area (Å²) < 4.78 is 0. The lowest BCUT2D eigenvalue weighted by Gasteiger charge is -2.08. The number of alkyl halides is 1. The number of nitrogens with two attached hydrogens (primary N) is 1. The molecule has 0 aliphatic rings. The van der Waals surface area contributed by atoms with Crippen molar-refractivity contribution in [3.05, 3.63) is 0 Å². The lowest BCUT2D eigenvalue weighted by Crippen LogP contribution is -2.19. The van der Waals surface area contributed by atoms with Crippen molar-refractivity contribution in [1.82, 2.24) is 4.90 Å². The van der Waals surface area contributed by atoms with Gasteiger partial charge in [0.1, 0.15) is 0 Å². The van der Waals surface area contributed by atoms with Crippen LogP contribution in [0.15, 0.2) is 4.99 Å². The molecule has 0 rings (SSSR count). The summed E-state index contributed by atoms with van der Waals surface area (Å²) in [6.07, 6.45) is 1.71. The minimum atomic E-state index is 0.518. The van der Waals surface area contributed by atoms with Crippen molar-refractivity contribution in [1.29, 1.82) is 0 Å². The molecule has 0 bridgehead atoms. The van der Waals surface area contributed by atoms with Gasteiger partial charge in [0.2, 0.25) is 0 Å². The maximum absolute atomic E-state index is 5.51. The molecule has 10 heavy (non-hydrogen) atoms. The second-order valence-corrected chi connectivity index (χ2v) is 2.26. The molecular weight excluding hydrogens is 150 g/mol. The van der Waals surface area contributed by atoms with E-state index in [1.807, 2.05) is 11.9 Å². The van der Waals surface area contributed by atoms with E-state index >= 15 is 0 Å². The summed E-state index contributed by atoms with van der Waals surface area (Å²) in [4.78, 5) is 6.01. The van der Waals surface area contributed by atoms with E-state index in [4.69, 9.17) is 17.3 Å². The predicted octanol–water partition coefficient (Wildman–Crippen LogP) is 0.144. The number of hydrogen-bond donors (Lipinski definition) is 1. The molecule has 0 heterocycles. The molecule has 0 saturated carbocycles.